The predicted molar refractivity (Wildman–Crippen MR) is 121 cm³/mol. The molecule has 174 valence electrons. The molecular formula is C25H35N3O4. The van der Waals surface area contributed by atoms with Crippen LogP contribution < -0.4 is 5.32 Å². The van der Waals surface area contributed by atoms with Gasteiger partial charge in [-0.3, -0.25) is 14.5 Å². The van der Waals surface area contributed by atoms with E-state index in [2.05, 4.69) is 5.32 Å². The number of fused-ring (bicyclic) bond motifs is 1. The number of ether oxygens (including phenoxy) is 1. The molecule has 3 amide bonds. The molecule has 1 aromatic rings. The first-order valence-electron chi connectivity index (χ1n) is 11.9. The molecule has 0 radical (unpaired) electrons. The predicted octanol–water partition coefficient (Wildman–Crippen LogP) is 3.40. The van der Waals surface area contributed by atoms with Gasteiger partial charge in [0.05, 0.1) is 6.54 Å². The number of carbonyl (C=O) groups is 3. The lowest BCUT2D eigenvalue weighted by molar-refractivity contribution is -0.143. The molecule has 1 saturated heterocycles. The van der Waals surface area contributed by atoms with E-state index in [1.165, 1.54) is 0 Å². The molecule has 32 heavy (non-hydrogen) atoms. The Morgan fingerprint density at radius 2 is 1.62 bits per heavy atom. The van der Waals surface area contributed by atoms with Crippen LogP contribution in [0, 0.1) is 0 Å². The number of nitrogens with one attached hydrogen (secondary N) is 1. The van der Waals surface area contributed by atoms with Gasteiger partial charge in [-0.2, -0.15) is 0 Å². The van der Waals surface area contributed by atoms with Gasteiger partial charge in [0.15, 0.2) is 0 Å². The fourth-order valence-electron chi connectivity index (χ4n) is 5.12. The monoisotopic (exact) mass is 441 g/mol. The van der Waals surface area contributed by atoms with E-state index in [1.807, 2.05) is 45.0 Å². The second-order valence-corrected chi connectivity index (χ2v) is 10.3. The molecule has 2 aliphatic heterocycles. The van der Waals surface area contributed by atoms with Crippen molar-refractivity contribution in [3.8, 4) is 0 Å². The minimum Gasteiger partial charge on any atom is -0.444 e. The van der Waals surface area contributed by atoms with Gasteiger partial charge < -0.3 is 15.0 Å². The molecule has 7 heteroatoms. The Morgan fingerprint density at radius 3 is 2.31 bits per heavy atom. The third-order valence-electron chi connectivity index (χ3n) is 6.70. The molecule has 1 aliphatic carbocycles. The molecule has 2 fully saturated rings. The van der Waals surface area contributed by atoms with Gasteiger partial charge in [-0.15, -0.1) is 0 Å². The van der Waals surface area contributed by atoms with Crippen LogP contribution in [0.1, 0.15) is 70.4 Å². The molecule has 7 nitrogen and oxygen atoms in total. The first kappa shape index (κ1) is 22.6. The maximum atomic E-state index is 13.7. The van der Waals surface area contributed by atoms with Gasteiger partial charge in [-0.25, -0.2) is 4.79 Å². The third kappa shape index (κ3) is 4.92. The summed E-state index contributed by atoms with van der Waals surface area (Å²) in [5.41, 5.74) is 1.44. The second-order valence-electron chi connectivity index (χ2n) is 10.3. The number of rotatable bonds is 3. The SMILES string of the molecule is CC(C)(C)OC(=O)N1Cc2ccccc2C[C@H]1C(=O)N1CCC[C@H]1C(=O)NC1CCCC1. The normalized spacial score (nSPS) is 23.7. The minimum absolute atomic E-state index is 0.0530. The standard InChI is InChI=1S/C25H35N3O4/c1-25(2,3)32-24(31)28-16-18-10-5-4-9-17(18)15-21(28)23(30)27-14-8-13-20(27)22(29)26-19-11-6-7-12-19/h4-5,9-10,19-21H,6-8,11-16H2,1-3H3,(H,26,29)/t20-,21-/m0/s1. The molecule has 2 heterocycles. The molecule has 0 bridgehead atoms. The average Bonchev–Trinajstić information content (AvgIpc) is 3.43. The summed E-state index contributed by atoms with van der Waals surface area (Å²) in [4.78, 5) is 43.0. The van der Waals surface area contributed by atoms with Gasteiger partial charge in [0.25, 0.3) is 0 Å². The van der Waals surface area contributed by atoms with Gasteiger partial charge in [0.1, 0.15) is 17.7 Å². The van der Waals surface area contributed by atoms with Crippen molar-refractivity contribution in [3.05, 3.63) is 35.4 Å². The van der Waals surface area contributed by atoms with E-state index in [0.717, 1.165) is 43.2 Å². The van der Waals surface area contributed by atoms with Crippen molar-refractivity contribution in [1.82, 2.24) is 15.1 Å². The Morgan fingerprint density at radius 1 is 0.938 bits per heavy atom. The number of hydrogen-bond acceptors (Lipinski definition) is 4. The van der Waals surface area contributed by atoms with Gasteiger partial charge in [-0.05, 0) is 57.6 Å². The third-order valence-corrected chi connectivity index (χ3v) is 6.70. The number of hydrogen-bond donors (Lipinski definition) is 1. The number of carbonyl (C=O) groups excluding carboxylic acids is 3. The van der Waals surface area contributed by atoms with E-state index < -0.39 is 23.8 Å². The van der Waals surface area contributed by atoms with Crippen molar-refractivity contribution in [2.24, 2.45) is 0 Å². The molecule has 0 spiro atoms. The van der Waals surface area contributed by atoms with Crippen LogP contribution in [0.5, 0.6) is 0 Å². The van der Waals surface area contributed by atoms with Crippen LogP contribution >= 0.6 is 0 Å². The van der Waals surface area contributed by atoms with Gasteiger partial charge in [0.2, 0.25) is 11.8 Å². The van der Waals surface area contributed by atoms with Crippen LogP contribution in [0.3, 0.4) is 0 Å². The van der Waals surface area contributed by atoms with Crippen LogP contribution in [-0.2, 0) is 27.3 Å². The van der Waals surface area contributed by atoms with Crippen LogP contribution in [0.15, 0.2) is 24.3 Å². The maximum Gasteiger partial charge on any atom is 0.411 e. The smallest absolute Gasteiger partial charge is 0.411 e. The molecule has 0 aromatic heterocycles. The summed E-state index contributed by atoms with van der Waals surface area (Å²) in [5.74, 6) is -0.211. The summed E-state index contributed by atoms with van der Waals surface area (Å²) in [6, 6.07) is 6.99. The Bertz CT molecular complexity index is 872. The topological polar surface area (TPSA) is 79.0 Å². The van der Waals surface area contributed by atoms with Gasteiger partial charge in [0, 0.05) is 19.0 Å². The molecule has 1 saturated carbocycles. The van der Waals surface area contributed by atoms with Crippen molar-refractivity contribution in [2.45, 2.75) is 96.0 Å². The summed E-state index contributed by atoms with van der Waals surface area (Å²) in [7, 11) is 0. The number of benzene rings is 1. The Balaban J connectivity index is 1.54. The largest absolute Gasteiger partial charge is 0.444 e. The van der Waals surface area contributed by atoms with E-state index in [0.29, 0.717) is 25.9 Å². The zero-order valence-electron chi connectivity index (χ0n) is 19.4. The van der Waals surface area contributed by atoms with E-state index in [4.69, 9.17) is 4.74 Å². The number of amides is 3. The minimum atomic E-state index is -0.667. The number of nitrogens with zero attached hydrogens (tertiary/aromatic N) is 2. The van der Waals surface area contributed by atoms with E-state index in [-0.39, 0.29) is 17.9 Å². The van der Waals surface area contributed by atoms with Crippen molar-refractivity contribution >= 4 is 17.9 Å². The van der Waals surface area contributed by atoms with Gasteiger partial charge in [-0.1, -0.05) is 37.1 Å². The average molecular weight is 442 g/mol. The van der Waals surface area contributed by atoms with Crippen LogP contribution in [0.2, 0.25) is 0 Å². The quantitative estimate of drug-likeness (QED) is 0.780. The van der Waals surface area contributed by atoms with Crippen molar-refractivity contribution in [3.63, 3.8) is 0 Å². The Kier molecular flexibility index (Phi) is 6.45. The van der Waals surface area contributed by atoms with E-state index in [1.54, 1.807) is 9.80 Å². The summed E-state index contributed by atoms with van der Waals surface area (Å²) in [6.07, 6.45) is 5.72. The zero-order chi connectivity index (χ0) is 22.9. The molecule has 1 N–H and O–H groups in total. The highest BCUT2D eigenvalue weighted by atomic mass is 16.6. The molecule has 2 atom stereocenters. The highest BCUT2D eigenvalue weighted by Crippen LogP contribution is 2.29. The summed E-state index contributed by atoms with van der Waals surface area (Å²) in [5, 5.41) is 3.15. The summed E-state index contributed by atoms with van der Waals surface area (Å²) in [6.45, 7) is 6.34. The number of likely N-dealkylation sites (tertiary alicyclic amines) is 1. The van der Waals surface area contributed by atoms with Crippen LogP contribution in [-0.4, -0.2) is 58.0 Å². The van der Waals surface area contributed by atoms with Crippen molar-refractivity contribution in [1.29, 1.82) is 0 Å². The lowest BCUT2D eigenvalue weighted by atomic mass is 9.93. The molecule has 1 aromatic carbocycles. The zero-order valence-corrected chi connectivity index (χ0v) is 19.4. The first-order valence-corrected chi connectivity index (χ1v) is 11.9. The van der Waals surface area contributed by atoms with Crippen molar-refractivity contribution in [2.75, 3.05) is 6.54 Å². The fraction of sp³-hybridized carbons (Fsp3) is 0.640. The molecule has 0 unspecified atom stereocenters. The highest BCUT2D eigenvalue weighted by Gasteiger charge is 2.43. The molecular weight excluding hydrogens is 406 g/mol. The Hall–Kier alpha value is -2.57. The van der Waals surface area contributed by atoms with Crippen LogP contribution in [0.4, 0.5) is 4.79 Å². The van der Waals surface area contributed by atoms with Crippen LogP contribution in [0.25, 0.3) is 0 Å². The van der Waals surface area contributed by atoms with Gasteiger partial charge >= 0.3 is 6.09 Å². The lowest BCUT2D eigenvalue weighted by Gasteiger charge is -2.39. The van der Waals surface area contributed by atoms with Crippen molar-refractivity contribution < 1.29 is 19.1 Å². The second kappa shape index (κ2) is 9.12. The summed E-state index contributed by atoms with van der Waals surface area (Å²) < 4.78 is 5.64. The van der Waals surface area contributed by atoms with E-state index >= 15 is 0 Å². The Labute approximate surface area is 190 Å². The molecule has 4 rings (SSSR count). The van der Waals surface area contributed by atoms with E-state index in [9.17, 15) is 14.4 Å². The maximum absolute atomic E-state index is 13.7. The first-order chi connectivity index (χ1) is 15.2. The fourth-order valence-corrected chi connectivity index (χ4v) is 5.12. The highest BCUT2D eigenvalue weighted by molar-refractivity contribution is 5.92. The summed E-state index contributed by atoms with van der Waals surface area (Å²) >= 11 is 0. The lowest BCUT2D eigenvalue weighted by Crippen LogP contribution is -2.57. The molecule has 3 aliphatic rings.